The fraction of sp³-hybridized carbons (Fsp3) is 0. The maximum absolute atomic E-state index is 2.00. The first kappa shape index (κ1) is 3.41. The molecule has 0 saturated heterocycles. The SMILES string of the molecule is [H+].c1ccccc1. The molecule has 0 N–H and O–H groups in total. The second-order valence-electron chi connectivity index (χ2n) is 1.15. The van der Waals surface area contributed by atoms with Crippen molar-refractivity contribution >= 4 is 0 Å². The second-order valence-corrected chi connectivity index (χ2v) is 1.15. The molecule has 0 heterocycles. The van der Waals surface area contributed by atoms with Gasteiger partial charge in [-0.25, -0.2) is 0 Å². The fourth-order valence-corrected chi connectivity index (χ4v) is 0.385. The molecule has 30 valence electrons. The van der Waals surface area contributed by atoms with Crippen molar-refractivity contribution in [2.24, 2.45) is 0 Å². The van der Waals surface area contributed by atoms with E-state index in [0.717, 1.165) is 0 Å². The van der Waals surface area contributed by atoms with Gasteiger partial charge < -0.3 is 0 Å². The Labute approximate surface area is 38.9 Å². The molecule has 0 unspecified atom stereocenters. The van der Waals surface area contributed by atoms with Crippen molar-refractivity contribution in [1.82, 2.24) is 0 Å². The average molecular weight is 79.1 g/mol. The van der Waals surface area contributed by atoms with E-state index in [1.54, 1.807) is 0 Å². The largest absolute Gasteiger partial charge is 1.00 e. The average Bonchev–Trinajstić information content (AvgIpc) is 1.72. The molecule has 1 aromatic rings. The Hall–Kier alpha value is -0.780. The maximum atomic E-state index is 2.00. The summed E-state index contributed by atoms with van der Waals surface area (Å²) < 4.78 is 0. The van der Waals surface area contributed by atoms with E-state index < -0.39 is 0 Å². The minimum atomic E-state index is 0. The van der Waals surface area contributed by atoms with Crippen LogP contribution in [0.3, 0.4) is 0 Å². The van der Waals surface area contributed by atoms with Gasteiger partial charge in [0.2, 0.25) is 0 Å². The van der Waals surface area contributed by atoms with E-state index in [4.69, 9.17) is 0 Å². The molecule has 0 nitrogen and oxygen atoms in total. The van der Waals surface area contributed by atoms with E-state index in [1.165, 1.54) is 0 Å². The molecular weight excluding hydrogens is 72.1 g/mol. The number of hydrogen-bond donors (Lipinski definition) is 0. The van der Waals surface area contributed by atoms with Crippen LogP contribution in [-0.4, -0.2) is 0 Å². The van der Waals surface area contributed by atoms with Crippen LogP contribution in [0.1, 0.15) is 1.43 Å². The molecule has 0 amide bonds. The lowest BCUT2D eigenvalue weighted by Crippen LogP contribution is -1.47. The molecular formula is C6H7+. The highest BCUT2D eigenvalue weighted by atomic mass is 13.6. The third-order valence-corrected chi connectivity index (χ3v) is 0.667. The summed E-state index contributed by atoms with van der Waals surface area (Å²) in [5, 5.41) is 0. The third-order valence-electron chi connectivity index (χ3n) is 0.667. The van der Waals surface area contributed by atoms with Crippen LogP contribution < -0.4 is 0 Å². The topological polar surface area (TPSA) is 0 Å². The zero-order valence-electron chi connectivity index (χ0n) is 4.46. The minimum Gasteiger partial charge on any atom is -0.0623 e. The highest BCUT2D eigenvalue weighted by molar-refractivity contribution is 4.99. The summed E-state index contributed by atoms with van der Waals surface area (Å²) in [5.41, 5.74) is 0. The predicted octanol–water partition coefficient (Wildman–Crippen LogP) is 1.80. The van der Waals surface area contributed by atoms with E-state index in [1.807, 2.05) is 36.4 Å². The summed E-state index contributed by atoms with van der Waals surface area (Å²) in [4.78, 5) is 0. The lowest BCUT2D eigenvalue weighted by atomic mass is 10.4. The summed E-state index contributed by atoms with van der Waals surface area (Å²) in [6, 6.07) is 12.0. The van der Waals surface area contributed by atoms with Gasteiger partial charge in [0.1, 0.15) is 0 Å². The van der Waals surface area contributed by atoms with Crippen LogP contribution in [0.5, 0.6) is 0 Å². The van der Waals surface area contributed by atoms with Gasteiger partial charge in [0.05, 0.1) is 0 Å². The minimum absolute atomic E-state index is 0. The van der Waals surface area contributed by atoms with Crippen molar-refractivity contribution in [3.8, 4) is 0 Å². The molecule has 6 heavy (non-hydrogen) atoms. The van der Waals surface area contributed by atoms with Crippen molar-refractivity contribution < 1.29 is 1.43 Å². The Bertz CT molecular complexity index is 76.1. The highest BCUT2D eigenvalue weighted by Crippen LogP contribution is 1.79. The van der Waals surface area contributed by atoms with Crippen LogP contribution in [0, 0.1) is 0 Å². The molecule has 0 aliphatic rings. The van der Waals surface area contributed by atoms with Gasteiger partial charge in [0, 0.05) is 0 Å². The van der Waals surface area contributed by atoms with Crippen LogP contribution in [0.15, 0.2) is 36.4 Å². The van der Waals surface area contributed by atoms with E-state index in [-0.39, 0.29) is 1.43 Å². The molecule has 1 aromatic carbocycles. The van der Waals surface area contributed by atoms with Gasteiger partial charge in [-0.3, -0.25) is 0 Å². The lowest BCUT2D eigenvalue weighted by molar-refractivity contribution is 1.72. The molecule has 0 atom stereocenters. The quantitative estimate of drug-likeness (QED) is 0.444. The van der Waals surface area contributed by atoms with Crippen molar-refractivity contribution in [1.29, 1.82) is 0 Å². The number of benzene rings is 1. The zero-order valence-corrected chi connectivity index (χ0v) is 3.46. The molecule has 1 rings (SSSR count). The lowest BCUT2D eigenvalue weighted by Gasteiger charge is -1.69. The molecule has 0 radical (unpaired) electrons. The van der Waals surface area contributed by atoms with E-state index >= 15 is 0 Å². The van der Waals surface area contributed by atoms with Gasteiger partial charge in [0.15, 0.2) is 0 Å². The van der Waals surface area contributed by atoms with Gasteiger partial charge in [-0.15, -0.1) is 0 Å². The van der Waals surface area contributed by atoms with E-state index in [9.17, 15) is 0 Å². The van der Waals surface area contributed by atoms with Gasteiger partial charge in [-0.1, -0.05) is 36.4 Å². The third kappa shape index (κ3) is 0.582. The number of hydrogen-bond acceptors (Lipinski definition) is 0. The molecule has 0 aliphatic heterocycles. The van der Waals surface area contributed by atoms with Crippen molar-refractivity contribution in [3.05, 3.63) is 36.4 Å². The Morgan fingerprint density at radius 2 is 0.667 bits per heavy atom. The molecule has 0 fully saturated rings. The highest BCUT2D eigenvalue weighted by Gasteiger charge is 1.57. The smallest absolute Gasteiger partial charge is 0.0623 e. The molecule has 0 bridgehead atoms. The Morgan fingerprint density at radius 1 is 0.500 bits per heavy atom. The Morgan fingerprint density at radius 3 is 0.833 bits per heavy atom. The molecule has 0 heteroatoms. The van der Waals surface area contributed by atoms with Crippen molar-refractivity contribution in [3.63, 3.8) is 0 Å². The summed E-state index contributed by atoms with van der Waals surface area (Å²) in [7, 11) is 0. The molecule has 0 aromatic heterocycles. The van der Waals surface area contributed by atoms with Crippen LogP contribution in [0.2, 0.25) is 0 Å². The van der Waals surface area contributed by atoms with Crippen LogP contribution in [-0.2, 0) is 0 Å². The standard InChI is InChI=1S/C6H6/c1-2-4-6-5-3-1/h1-6H/p+1. The summed E-state index contributed by atoms with van der Waals surface area (Å²) in [6.07, 6.45) is 0. The first-order valence-corrected chi connectivity index (χ1v) is 2.00. The summed E-state index contributed by atoms with van der Waals surface area (Å²) in [5.74, 6) is 0. The first-order chi connectivity index (χ1) is 3.00. The normalized spacial score (nSPS) is 8.00. The Kier molecular flexibility index (Phi) is 0.913. The van der Waals surface area contributed by atoms with E-state index in [2.05, 4.69) is 0 Å². The monoisotopic (exact) mass is 79.1 g/mol. The first-order valence-electron chi connectivity index (χ1n) is 2.00. The van der Waals surface area contributed by atoms with Crippen LogP contribution in [0.4, 0.5) is 0 Å². The molecule has 0 saturated carbocycles. The van der Waals surface area contributed by atoms with Gasteiger partial charge in [0.25, 0.3) is 0 Å². The molecule has 0 spiro atoms. The van der Waals surface area contributed by atoms with Gasteiger partial charge in [-0.2, -0.15) is 0 Å². The van der Waals surface area contributed by atoms with Crippen molar-refractivity contribution in [2.75, 3.05) is 0 Å². The number of rotatable bonds is 0. The summed E-state index contributed by atoms with van der Waals surface area (Å²) >= 11 is 0. The van der Waals surface area contributed by atoms with Crippen LogP contribution >= 0.6 is 0 Å². The van der Waals surface area contributed by atoms with Crippen LogP contribution in [0.25, 0.3) is 0 Å². The molecule has 0 aliphatic carbocycles. The van der Waals surface area contributed by atoms with Gasteiger partial charge >= 0.3 is 1.43 Å². The van der Waals surface area contributed by atoms with Crippen molar-refractivity contribution in [2.45, 2.75) is 0 Å². The predicted molar refractivity (Wildman–Crippen MR) is 27.6 cm³/mol. The Balaban J connectivity index is 0.000000360. The zero-order chi connectivity index (χ0) is 4.24. The summed E-state index contributed by atoms with van der Waals surface area (Å²) in [6.45, 7) is 0. The maximum Gasteiger partial charge on any atom is 1.00 e. The van der Waals surface area contributed by atoms with E-state index in [0.29, 0.717) is 0 Å². The second kappa shape index (κ2) is 1.61. The van der Waals surface area contributed by atoms with Gasteiger partial charge in [-0.05, 0) is 0 Å². The fourth-order valence-electron chi connectivity index (χ4n) is 0.385.